The van der Waals surface area contributed by atoms with Crippen LogP contribution in [0.25, 0.3) is 0 Å². The maximum absolute atomic E-state index is 5.63. The second-order valence-electron chi connectivity index (χ2n) is 5.04. The Hall–Kier alpha value is -0.0600. The lowest BCUT2D eigenvalue weighted by molar-refractivity contribution is 0.146. The van der Waals surface area contributed by atoms with Crippen molar-refractivity contribution in [1.29, 1.82) is 0 Å². The van der Waals surface area contributed by atoms with E-state index in [1.165, 1.54) is 5.56 Å². The first-order valence-electron chi connectivity index (χ1n) is 6.52. The van der Waals surface area contributed by atoms with Crippen molar-refractivity contribution >= 4 is 31.9 Å². The highest BCUT2D eigenvalue weighted by atomic mass is 79.9. The molecule has 0 heterocycles. The van der Waals surface area contributed by atoms with Gasteiger partial charge in [0, 0.05) is 11.9 Å². The zero-order valence-corrected chi connectivity index (χ0v) is 15.1. The van der Waals surface area contributed by atoms with Gasteiger partial charge < -0.3 is 9.47 Å². The summed E-state index contributed by atoms with van der Waals surface area (Å²) >= 11 is 7.36. The van der Waals surface area contributed by atoms with Gasteiger partial charge in [0.2, 0.25) is 0 Å². The van der Waals surface area contributed by atoms with Crippen LogP contribution >= 0.6 is 31.9 Å². The van der Waals surface area contributed by atoms with Gasteiger partial charge in [-0.15, -0.1) is 0 Å². The second-order valence-corrected chi connectivity index (χ2v) is 6.88. The Bertz CT molecular complexity index is 394. The summed E-state index contributed by atoms with van der Waals surface area (Å²) in [6.45, 7) is 7.92. The van der Waals surface area contributed by atoms with E-state index in [0.717, 1.165) is 10.2 Å². The molecule has 0 aliphatic carbocycles. The molecule has 0 aromatic heterocycles. The summed E-state index contributed by atoms with van der Waals surface area (Å²) in [5.74, 6) is 2.07. The summed E-state index contributed by atoms with van der Waals surface area (Å²) in [5.41, 5.74) is 1.27. The Labute approximate surface area is 133 Å². The van der Waals surface area contributed by atoms with Crippen molar-refractivity contribution in [2.45, 2.75) is 25.6 Å². The molecule has 0 aliphatic heterocycles. The Balaban J connectivity index is 2.75. The highest BCUT2D eigenvalue weighted by Crippen LogP contribution is 2.38. The minimum absolute atomic E-state index is 0.358. The SMILES string of the molecule is COCCOc1ccc(C(Br)C(C)C(C)C)cc1Br. The Morgan fingerprint density at radius 3 is 2.37 bits per heavy atom. The second kappa shape index (κ2) is 8.28. The van der Waals surface area contributed by atoms with E-state index in [-0.39, 0.29) is 0 Å². The molecule has 19 heavy (non-hydrogen) atoms. The van der Waals surface area contributed by atoms with E-state index >= 15 is 0 Å². The first-order chi connectivity index (χ1) is 8.97. The number of hydrogen-bond donors (Lipinski definition) is 0. The number of ether oxygens (including phenoxy) is 2. The fourth-order valence-corrected chi connectivity index (χ4v) is 3.09. The zero-order valence-electron chi connectivity index (χ0n) is 12.0. The van der Waals surface area contributed by atoms with E-state index in [1.807, 2.05) is 6.07 Å². The van der Waals surface area contributed by atoms with Gasteiger partial charge in [-0.05, 0) is 45.5 Å². The van der Waals surface area contributed by atoms with Crippen LogP contribution in [0.3, 0.4) is 0 Å². The zero-order chi connectivity index (χ0) is 14.4. The maximum atomic E-state index is 5.63. The van der Waals surface area contributed by atoms with Crippen LogP contribution in [0, 0.1) is 11.8 Å². The van der Waals surface area contributed by atoms with Gasteiger partial charge in [-0.3, -0.25) is 0 Å². The van der Waals surface area contributed by atoms with Gasteiger partial charge in [0.05, 0.1) is 11.1 Å². The van der Waals surface area contributed by atoms with Gasteiger partial charge in [-0.1, -0.05) is 42.8 Å². The van der Waals surface area contributed by atoms with Gasteiger partial charge in [0.15, 0.2) is 0 Å². The lowest BCUT2D eigenvalue weighted by Gasteiger charge is -2.22. The lowest BCUT2D eigenvalue weighted by Crippen LogP contribution is -2.10. The van der Waals surface area contributed by atoms with E-state index in [0.29, 0.717) is 29.9 Å². The molecule has 2 atom stereocenters. The van der Waals surface area contributed by atoms with Crippen molar-refractivity contribution in [3.05, 3.63) is 28.2 Å². The first kappa shape index (κ1) is 17.0. The van der Waals surface area contributed by atoms with Crippen molar-refractivity contribution in [2.24, 2.45) is 11.8 Å². The van der Waals surface area contributed by atoms with Gasteiger partial charge in [-0.25, -0.2) is 0 Å². The fraction of sp³-hybridized carbons (Fsp3) is 0.600. The van der Waals surface area contributed by atoms with Gasteiger partial charge in [0.1, 0.15) is 12.4 Å². The summed E-state index contributed by atoms with van der Waals surface area (Å²) in [6.07, 6.45) is 0. The molecule has 0 amide bonds. The summed E-state index contributed by atoms with van der Waals surface area (Å²) in [4.78, 5) is 0.358. The van der Waals surface area contributed by atoms with E-state index in [1.54, 1.807) is 7.11 Å². The van der Waals surface area contributed by atoms with Crippen molar-refractivity contribution < 1.29 is 9.47 Å². The Kier molecular flexibility index (Phi) is 7.40. The molecule has 4 heteroatoms. The van der Waals surface area contributed by atoms with Gasteiger partial charge >= 0.3 is 0 Å². The molecule has 108 valence electrons. The van der Waals surface area contributed by atoms with Crippen molar-refractivity contribution in [2.75, 3.05) is 20.3 Å². The highest BCUT2D eigenvalue weighted by molar-refractivity contribution is 9.10. The smallest absolute Gasteiger partial charge is 0.133 e. The van der Waals surface area contributed by atoms with Crippen LogP contribution in [-0.4, -0.2) is 20.3 Å². The van der Waals surface area contributed by atoms with Crippen LogP contribution in [0.4, 0.5) is 0 Å². The first-order valence-corrected chi connectivity index (χ1v) is 8.23. The van der Waals surface area contributed by atoms with Crippen LogP contribution in [0.5, 0.6) is 5.75 Å². The number of benzene rings is 1. The third kappa shape index (κ3) is 5.09. The van der Waals surface area contributed by atoms with E-state index in [9.17, 15) is 0 Å². The van der Waals surface area contributed by atoms with Crippen LogP contribution in [0.1, 0.15) is 31.2 Å². The number of methoxy groups -OCH3 is 1. The van der Waals surface area contributed by atoms with Crippen LogP contribution < -0.4 is 4.74 Å². The Morgan fingerprint density at radius 1 is 1.16 bits per heavy atom. The standard InChI is InChI=1S/C15H22Br2O2/c1-10(2)11(3)15(17)12-5-6-14(13(16)9-12)19-8-7-18-4/h5-6,9-11,15H,7-8H2,1-4H3. The normalized spacial score (nSPS) is 14.5. The monoisotopic (exact) mass is 392 g/mol. The number of hydrogen-bond acceptors (Lipinski definition) is 2. The van der Waals surface area contributed by atoms with Gasteiger partial charge in [-0.2, -0.15) is 0 Å². The molecule has 0 aliphatic rings. The van der Waals surface area contributed by atoms with E-state index in [2.05, 4.69) is 64.8 Å². The van der Waals surface area contributed by atoms with E-state index < -0.39 is 0 Å². The predicted octanol–water partition coefficient (Wildman–Crippen LogP) is 5.20. The quantitative estimate of drug-likeness (QED) is 0.468. The van der Waals surface area contributed by atoms with Crippen LogP contribution in [0.15, 0.2) is 22.7 Å². The van der Waals surface area contributed by atoms with Crippen molar-refractivity contribution in [3.63, 3.8) is 0 Å². The average Bonchev–Trinajstić information content (AvgIpc) is 2.39. The topological polar surface area (TPSA) is 18.5 Å². The molecule has 0 saturated heterocycles. The molecule has 0 spiro atoms. The molecule has 0 radical (unpaired) electrons. The molecule has 1 aromatic carbocycles. The molecule has 2 unspecified atom stereocenters. The molecule has 2 nitrogen and oxygen atoms in total. The molecule has 0 saturated carbocycles. The van der Waals surface area contributed by atoms with Crippen molar-refractivity contribution in [3.8, 4) is 5.75 Å². The minimum Gasteiger partial charge on any atom is -0.490 e. The summed E-state index contributed by atoms with van der Waals surface area (Å²) in [7, 11) is 1.67. The molecular formula is C15H22Br2O2. The summed E-state index contributed by atoms with van der Waals surface area (Å²) < 4.78 is 11.6. The minimum atomic E-state index is 0.358. The molecule has 0 N–H and O–H groups in total. The highest BCUT2D eigenvalue weighted by Gasteiger charge is 2.20. The maximum Gasteiger partial charge on any atom is 0.133 e. The Morgan fingerprint density at radius 2 is 1.84 bits per heavy atom. The summed E-state index contributed by atoms with van der Waals surface area (Å²) in [6, 6.07) is 6.25. The largest absolute Gasteiger partial charge is 0.490 e. The predicted molar refractivity (Wildman–Crippen MR) is 87.2 cm³/mol. The van der Waals surface area contributed by atoms with Gasteiger partial charge in [0.25, 0.3) is 0 Å². The molecule has 0 bridgehead atoms. The third-order valence-corrected chi connectivity index (χ3v) is 5.31. The third-order valence-electron chi connectivity index (χ3n) is 3.33. The molecule has 1 rings (SSSR count). The number of alkyl halides is 1. The molecule has 0 fully saturated rings. The van der Waals surface area contributed by atoms with Crippen LogP contribution in [-0.2, 0) is 4.74 Å². The fourth-order valence-electron chi connectivity index (χ4n) is 1.68. The van der Waals surface area contributed by atoms with Crippen LogP contribution in [0.2, 0.25) is 0 Å². The number of halogens is 2. The number of rotatable bonds is 7. The summed E-state index contributed by atoms with van der Waals surface area (Å²) in [5, 5.41) is 0. The lowest BCUT2D eigenvalue weighted by atomic mass is 9.91. The van der Waals surface area contributed by atoms with Crippen molar-refractivity contribution in [1.82, 2.24) is 0 Å². The molecular weight excluding hydrogens is 372 g/mol. The molecule has 1 aromatic rings. The van der Waals surface area contributed by atoms with E-state index in [4.69, 9.17) is 9.47 Å². The average molecular weight is 394 g/mol.